The van der Waals surface area contributed by atoms with Gasteiger partial charge in [0.15, 0.2) is 11.6 Å². The van der Waals surface area contributed by atoms with Crippen molar-refractivity contribution in [3.05, 3.63) is 29.3 Å². The fourth-order valence-corrected chi connectivity index (χ4v) is 1.43. The van der Waals surface area contributed by atoms with Crippen molar-refractivity contribution in [2.45, 2.75) is 0 Å². The molecule has 0 bridgehead atoms. The van der Waals surface area contributed by atoms with E-state index in [0.29, 0.717) is 6.54 Å². The average Bonchev–Trinajstić information content (AvgIpc) is 2.35. The Balaban J connectivity index is 2.58. The molecule has 1 aliphatic rings. The highest BCUT2D eigenvalue weighted by molar-refractivity contribution is 5.97. The summed E-state index contributed by atoms with van der Waals surface area (Å²) in [6.07, 6.45) is 0. The first-order valence-corrected chi connectivity index (χ1v) is 4.47. The molecule has 0 unspecified atom stereocenters. The van der Waals surface area contributed by atoms with E-state index in [2.05, 4.69) is 0 Å². The van der Waals surface area contributed by atoms with Crippen LogP contribution in [-0.2, 0) is 0 Å². The van der Waals surface area contributed by atoms with E-state index in [-0.39, 0.29) is 23.8 Å². The Bertz CT molecular complexity index is 420. The molecule has 0 N–H and O–H groups in total. The van der Waals surface area contributed by atoms with Crippen molar-refractivity contribution >= 4 is 5.91 Å². The largest absolute Gasteiger partial charge is 0.488 e. The van der Waals surface area contributed by atoms with Crippen LogP contribution >= 0.6 is 0 Å². The Labute approximate surface area is 85.3 Å². The topological polar surface area (TPSA) is 29.5 Å². The van der Waals surface area contributed by atoms with Gasteiger partial charge < -0.3 is 9.64 Å². The van der Waals surface area contributed by atoms with Crippen molar-refractivity contribution in [1.29, 1.82) is 0 Å². The second-order valence-electron chi connectivity index (χ2n) is 3.31. The SMILES string of the molecule is CN1CCOc2c(ccc(F)c2F)C1=O. The van der Waals surface area contributed by atoms with Crippen molar-refractivity contribution in [3.8, 4) is 5.75 Å². The van der Waals surface area contributed by atoms with Crippen LogP contribution in [-0.4, -0.2) is 31.0 Å². The number of carbonyl (C=O) groups excluding carboxylic acids is 1. The van der Waals surface area contributed by atoms with Crippen molar-refractivity contribution in [2.75, 3.05) is 20.2 Å². The lowest BCUT2D eigenvalue weighted by atomic mass is 10.1. The minimum atomic E-state index is -1.10. The average molecular weight is 213 g/mol. The van der Waals surface area contributed by atoms with Crippen LogP contribution in [0, 0.1) is 11.6 Å². The quantitative estimate of drug-likeness (QED) is 0.652. The van der Waals surface area contributed by atoms with Crippen LogP contribution in [0.4, 0.5) is 8.78 Å². The first-order chi connectivity index (χ1) is 7.11. The number of halogens is 2. The van der Waals surface area contributed by atoms with E-state index in [4.69, 9.17) is 4.74 Å². The van der Waals surface area contributed by atoms with Gasteiger partial charge in [-0.05, 0) is 12.1 Å². The van der Waals surface area contributed by atoms with E-state index in [1.165, 1.54) is 11.0 Å². The zero-order chi connectivity index (χ0) is 11.0. The molecular weight excluding hydrogens is 204 g/mol. The molecule has 0 fully saturated rings. The lowest BCUT2D eigenvalue weighted by Crippen LogP contribution is -2.27. The summed E-state index contributed by atoms with van der Waals surface area (Å²) >= 11 is 0. The third-order valence-electron chi connectivity index (χ3n) is 2.30. The third kappa shape index (κ3) is 1.54. The van der Waals surface area contributed by atoms with E-state index >= 15 is 0 Å². The van der Waals surface area contributed by atoms with Gasteiger partial charge in [0.1, 0.15) is 6.61 Å². The van der Waals surface area contributed by atoms with Gasteiger partial charge in [0.2, 0.25) is 5.82 Å². The van der Waals surface area contributed by atoms with Crippen LogP contribution in [0.15, 0.2) is 12.1 Å². The molecule has 0 aliphatic carbocycles. The third-order valence-corrected chi connectivity index (χ3v) is 2.30. The van der Waals surface area contributed by atoms with Crippen LogP contribution < -0.4 is 4.74 Å². The molecule has 0 atom stereocenters. The van der Waals surface area contributed by atoms with Crippen LogP contribution in [0.2, 0.25) is 0 Å². The van der Waals surface area contributed by atoms with Crippen molar-refractivity contribution in [1.82, 2.24) is 4.90 Å². The highest BCUT2D eigenvalue weighted by Gasteiger charge is 2.25. The molecule has 1 heterocycles. The molecule has 0 saturated heterocycles. The Morgan fingerprint density at radius 2 is 2.13 bits per heavy atom. The van der Waals surface area contributed by atoms with E-state index < -0.39 is 11.6 Å². The van der Waals surface area contributed by atoms with Crippen LogP contribution in [0.5, 0.6) is 5.75 Å². The number of hydrogen-bond acceptors (Lipinski definition) is 2. The predicted molar refractivity (Wildman–Crippen MR) is 48.8 cm³/mol. The van der Waals surface area contributed by atoms with Gasteiger partial charge in [0.05, 0.1) is 12.1 Å². The van der Waals surface area contributed by atoms with E-state index in [0.717, 1.165) is 6.07 Å². The number of fused-ring (bicyclic) bond motifs is 1. The number of ether oxygens (including phenoxy) is 1. The fraction of sp³-hybridized carbons (Fsp3) is 0.300. The van der Waals surface area contributed by atoms with Gasteiger partial charge >= 0.3 is 0 Å². The molecule has 2 rings (SSSR count). The number of amides is 1. The molecule has 1 amide bonds. The van der Waals surface area contributed by atoms with E-state index in [1.807, 2.05) is 0 Å². The number of likely N-dealkylation sites (N-methyl/N-ethyl adjacent to an activating group) is 1. The van der Waals surface area contributed by atoms with Gasteiger partial charge in [-0.2, -0.15) is 4.39 Å². The molecule has 1 aromatic carbocycles. The van der Waals surface area contributed by atoms with Crippen LogP contribution in [0.1, 0.15) is 10.4 Å². The Kier molecular flexibility index (Phi) is 2.30. The summed E-state index contributed by atoms with van der Waals surface area (Å²) in [6.45, 7) is 0.518. The van der Waals surface area contributed by atoms with Gasteiger partial charge in [-0.1, -0.05) is 0 Å². The highest BCUT2D eigenvalue weighted by atomic mass is 19.2. The lowest BCUT2D eigenvalue weighted by molar-refractivity contribution is 0.0797. The van der Waals surface area contributed by atoms with Crippen molar-refractivity contribution in [3.63, 3.8) is 0 Å². The van der Waals surface area contributed by atoms with Gasteiger partial charge in [0.25, 0.3) is 5.91 Å². The fourth-order valence-electron chi connectivity index (χ4n) is 1.43. The minimum absolute atomic E-state index is 0.0638. The summed E-state index contributed by atoms with van der Waals surface area (Å²) in [6, 6.07) is 2.16. The molecule has 15 heavy (non-hydrogen) atoms. The summed E-state index contributed by atoms with van der Waals surface area (Å²) in [5.41, 5.74) is 0.0638. The summed E-state index contributed by atoms with van der Waals surface area (Å²) in [4.78, 5) is 13.1. The molecule has 0 saturated carbocycles. The molecule has 0 radical (unpaired) electrons. The molecule has 3 nitrogen and oxygen atoms in total. The molecule has 0 aromatic heterocycles. The summed E-state index contributed by atoms with van der Waals surface area (Å²) in [7, 11) is 1.59. The zero-order valence-electron chi connectivity index (χ0n) is 8.09. The molecule has 0 spiro atoms. The second kappa shape index (κ2) is 3.49. The second-order valence-corrected chi connectivity index (χ2v) is 3.31. The molecular formula is C10H9F2NO2. The lowest BCUT2D eigenvalue weighted by Gasteiger charge is -2.12. The molecule has 5 heteroatoms. The maximum atomic E-state index is 13.3. The maximum absolute atomic E-state index is 13.3. The molecule has 80 valence electrons. The number of hydrogen-bond donors (Lipinski definition) is 0. The summed E-state index contributed by atoms with van der Waals surface area (Å²) < 4.78 is 31.2. The Morgan fingerprint density at radius 3 is 2.87 bits per heavy atom. The highest BCUT2D eigenvalue weighted by Crippen LogP contribution is 2.27. The first-order valence-electron chi connectivity index (χ1n) is 4.47. The van der Waals surface area contributed by atoms with E-state index in [9.17, 15) is 13.6 Å². The smallest absolute Gasteiger partial charge is 0.257 e. The summed E-state index contributed by atoms with van der Waals surface area (Å²) in [5.74, 6) is -2.76. The van der Waals surface area contributed by atoms with Gasteiger partial charge in [-0.25, -0.2) is 4.39 Å². The van der Waals surface area contributed by atoms with Gasteiger partial charge in [-0.15, -0.1) is 0 Å². The Hall–Kier alpha value is -1.65. The number of carbonyl (C=O) groups is 1. The maximum Gasteiger partial charge on any atom is 0.257 e. The standard InChI is InChI=1S/C10H9F2NO2/c1-13-4-5-15-9-6(10(13)14)2-3-7(11)8(9)12/h2-3H,4-5H2,1H3. The monoisotopic (exact) mass is 213 g/mol. The van der Waals surface area contributed by atoms with Crippen LogP contribution in [0.25, 0.3) is 0 Å². The summed E-state index contributed by atoms with van der Waals surface area (Å²) in [5, 5.41) is 0. The molecule has 1 aromatic rings. The van der Waals surface area contributed by atoms with Crippen LogP contribution in [0.3, 0.4) is 0 Å². The van der Waals surface area contributed by atoms with Gasteiger partial charge in [0, 0.05) is 7.05 Å². The number of nitrogens with zero attached hydrogens (tertiary/aromatic N) is 1. The van der Waals surface area contributed by atoms with E-state index in [1.54, 1.807) is 7.05 Å². The normalized spacial score (nSPS) is 15.7. The zero-order valence-corrected chi connectivity index (χ0v) is 8.09. The van der Waals surface area contributed by atoms with Gasteiger partial charge in [-0.3, -0.25) is 4.79 Å². The van der Waals surface area contributed by atoms with Crippen molar-refractivity contribution < 1.29 is 18.3 Å². The van der Waals surface area contributed by atoms with Crippen molar-refractivity contribution in [2.24, 2.45) is 0 Å². The number of rotatable bonds is 0. The predicted octanol–water partition coefficient (Wildman–Crippen LogP) is 1.43. The molecule has 1 aliphatic heterocycles. The first kappa shape index (κ1) is 9.89. The number of benzene rings is 1. The Morgan fingerprint density at radius 1 is 1.40 bits per heavy atom. The minimum Gasteiger partial charge on any atom is -0.488 e.